The lowest BCUT2D eigenvalue weighted by Gasteiger charge is -2.36. The minimum absolute atomic E-state index is 0.354. The molecule has 1 aliphatic rings. The molecule has 0 amide bonds. The number of aromatic amines is 1. The quantitative estimate of drug-likeness (QED) is 0.482. The fourth-order valence-corrected chi connectivity index (χ4v) is 3.46. The van der Waals surface area contributed by atoms with Crippen LogP contribution in [0.5, 0.6) is 5.75 Å². The molecule has 1 aromatic heterocycles. The third kappa shape index (κ3) is 4.65. The Bertz CT molecular complexity index is 993. The first kappa shape index (κ1) is 20.0. The lowest BCUT2D eigenvalue weighted by molar-refractivity contribution is 0.380. The molecule has 1 aliphatic heterocycles. The number of rotatable bonds is 5. The summed E-state index contributed by atoms with van der Waals surface area (Å²) in [6.45, 7) is 3.73. The molecule has 0 atom stereocenters. The van der Waals surface area contributed by atoms with Crippen molar-refractivity contribution in [3.05, 3.63) is 59.4 Å². The van der Waals surface area contributed by atoms with Crippen LogP contribution in [0.15, 0.2) is 53.5 Å². The zero-order valence-electron chi connectivity index (χ0n) is 16.8. The van der Waals surface area contributed by atoms with Gasteiger partial charge in [-0.25, -0.2) is 9.98 Å². The number of ether oxygens (including phenoxy) is 1. The summed E-state index contributed by atoms with van der Waals surface area (Å²) >= 11 is 5.97. The van der Waals surface area contributed by atoms with E-state index in [-0.39, 0.29) is 0 Å². The van der Waals surface area contributed by atoms with Gasteiger partial charge < -0.3 is 20.3 Å². The van der Waals surface area contributed by atoms with Crippen molar-refractivity contribution in [3.63, 3.8) is 0 Å². The second-order valence-corrected chi connectivity index (χ2v) is 7.40. The number of aliphatic imine (C=N–C) groups is 1. The van der Waals surface area contributed by atoms with E-state index in [9.17, 15) is 0 Å². The summed E-state index contributed by atoms with van der Waals surface area (Å²) < 4.78 is 5.18. The molecule has 9 heteroatoms. The molecule has 8 nitrogen and oxygen atoms in total. The van der Waals surface area contributed by atoms with Crippen LogP contribution in [0.1, 0.15) is 5.82 Å². The fraction of sp³-hybridized carbons (Fsp3) is 0.286. The van der Waals surface area contributed by atoms with Crippen molar-refractivity contribution in [1.82, 2.24) is 20.1 Å². The Morgan fingerprint density at radius 1 is 1.10 bits per heavy atom. The molecule has 1 fully saturated rings. The van der Waals surface area contributed by atoms with Crippen LogP contribution in [-0.4, -0.2) is 59.3 Å². The van der Waals surface area contributed by atoms with Crippen LogP contribution in [0.2, 0.25) is 5.02 Å². The second-order valence-electron chi connectivity index (χ2n) is 6.96. The summed E-state index contributed by atoms with van der Waals surface area (Å²) in [7, 11) is 1.64. The van der Waals surface area contributed by atoms with Crippen LogP contribution >= 0.6 is 11.6 Å². The number of H-pyrrole nitrogens is 1. The first-order chi connectivity index (χ1) is 14.6. The first-order valence-electron chi connectivity index (χ1n) is 9.73. The Kier molecular flexibility index (Phi) is 6.04. The van der Waals surface area contributed by atoms with Crippen LogP contribution in [-0.2, 0) is 6.54 Å². The minimum Gasteiger partial charge on any atom is -0.497 e. The predicted molar refractivity (Wildman–Crippen MR) is 119 cm³/mol. The molecule has 3 aromatic rings. The summed E-state index contributed by atoms with van der Waals surface area (Å²) in [5.74, 6) is 2.61. The number of nitrogens with two attached hydrogens (primary N) is 1. The Hall–Kier alpha value is -3.26. The van der Waals surface area contributed by atoms with Crippen molar-refractivity contribution >= 4 is 23.2 Å². The number of aromatic nitrogens is 3. The van der Waals surface area contributed by atoms with Crippen molar-refractivity contribution in [2.45, 2.75) is 6.54 Å². The van der Waals surface area contributed by atoms with Gasteiger partial charge in [-0.1, -0.05) is 11.6 Å². The van der Waals surface area contributed by atoms with Crippen LogP contribution in [0.25, 0.3) is 11.4 Å². The van der Waals surface area contributed by atoms with E-state index in [1.165, 1.54) is 5.69 Å². The number of nitrogens with one attached hydrogen (secondary N) is 1. The predicted octanol–water partition coefficient (Wildman–Crippen LogP) is 2.77. The highest BCUT2D eigenvalue weighted by Crippen LogP contribution is 2.20. The maximum atomic E-state index is 6.21. The number of piperazine rings is 1. The van der Waals surface area contributed by atoms with Gasteiger partial charge in [-0.3, -0.25) is 5.10 Å². The zero-order valence-corrected chi connectivity index (χ0v) is 17.5. The van der Waals surface area contributed by atoms with Gasteiger partial charge in [0.1, 0.15) is 18.1 Å². The summed E-state index contributed by atoms with van der Waals surface area (Å²) in [5, 5.41) is 7.94. The van der Waals surface area contributed by atoms with E-state index in [0.29, 0.717) is 24.2 Å². The lowest BCUT2D eigenvalue weighted by atomic mass is 10.2. The molecule has 0 radical (unpaired) electrons. The summed E-state index contributed by atoms with van der Waals surface area (Å²) in [4.78, 5) is 13.4. The third-order valence-electron chi connectivity index (χ3n) is 5.07. The molecule has 4 rings (SSSR count). The van der Waals surface area contributed by atoms with E-state index in [1.54, 1.807) is 7.11 Å². The highest BCUT2D eigenvalue weighted by molar-refractivity contribution is 6.30. The van der Waals surface area contributed by atoms with Crippen molar-refractivity contribution in [2.75, 3.05) is 38.2 Å². The second kappa shape index (κ2) is 9.04. The third-order valence-corrected chi connectivity index (χ3v) is 5.32. The number of guanidine groups is 1. The first-order valence-corrected chi connectivity index (χ1v) is 10.1. The van der Waals surface area contributed by atoms with Gasteiger partial charge >= 0.3 is 0 Å². The standard InChI is InChI=1S/C21H24ClN7O/c1-30-18-8-2-15(3-9-18)20-25-19(26-27-20)14-24-21(23)29-12-10-28(11-13-29)17-6-4-16(22)5-7-17/h2-9H,10-14H2,1H3,(H2,23,24)(H,25,26,27). The minimum atomic E-state index is 0.354. The van der Waals surface area contributed by atoms with Gasteiger partial charge in [-0.05, 0) is 48.5 Å². The van der Waals surface area contributed by atoms with Gasteiger partial charge in [0.15, 0.2) is 11.8 Å². The molecular formula is C21H24ClN7O. The zero-order chi connectivity index (χ0) is 20.9. The Morgan fingerprint density at radius 2 is 1.80 bits per heavy atom. The van der Waals surface area contributed by atoms with Gasteiger partial charge in [0.2, 0.25) is 0 Å². The number of benzene rings is 2. The number of anilines is 1. The smallest absolute Gasteiger partial charge is 0.191 e. The number of hydrogen-bond acceptors (Lipinski definition) is 5. The average Bonchev–Trinajstić information content (AvgIpc) is 3.27. The molecule has 0 bridgehead atoms. The molecule has 0 unspecified atom stereocenters. The van der Waals surface area contributed by atoms with Crippen molar-refractivity contribution < 1.29 is 4.74 Å². The van der Waals surface area contributed by atoms with Crippen molar-refractivity contribution in [3.8, 4) is 17.1 Å². The van der Waals surface area contributed by atoms with E-state index in [1.807, 2.05) is 48.5 Å². The fourth-order valence-electron chi connectivity index (χ4n) is 3.34. The molecule has 0 spiro atoms. The van der Waals surface area contributed by atoms with Crippen LogP contribution in [0.4, 0.5) is 5.69 Å². The van der Waals surface area contributed by atoms with Crippen LogP contribution < -0.4 is 15.4 Å². The van der Waals surface area contributed by atoms with Crippen LogP contribution in [0.3, 0.4) is 0 Å². The van der Waals surface area contributed by atoms with E-state index in [4.69, 9.17) is 22.1 Å². The van der Waals surface area contributed by atoms with E-state index < -0.39 is 0 Å². The maximum Gasteiger partial charge on any atom is 0.191 e. The highest BCUT2D eigenvalue weighted by atomic mass is 35.5. The lowest BCUT2D eigenvalue weighted by Crippen LogP contribution is -2.51. The van der Waals surface area contributed by atoms with Gasteiger partial charge in [0.05, 0.1) is 7.11 Å². The molecule has 3 N–H and O–H groups in total. The topological polar surface area (TPSA) is 95.7 Å². The van der Waals surface area contributed by atoms with Gasteiger partial charge in [-0.2, -0.15) is 5.10 Å². The highest BCUT2D eigenvalue weighted by Gasteiger charge is 2.18. The number of methoxy groups -OCH3 is 1. The largest absolute Gasteiger partial charge is 0.497 e. The Morgan fingerprint density at radius 3 is 2.47 bits per heavy atom. The molecule has 2 aromatic carbocycles. The molecule has 30 heavy (non-hydrogen) atoms. The van der Waals surface area contributed by atoms with Crippen molar-refractivity contribution in [1.29, 1.82) is 0 Å². The van der Waals surface area contributed by atoms with E-state index >= 15 is 0 Å². The number of hydrogen-bond donors (Lipinski definition) is 2. The van der Waals surface area contributed by atoms with Gasteiger partial charge in [0, 0.05) is 42.5 Å². The average molecular weight is 426 g/mol. The summed E-state index contributed by atoms with van der Waals surface area (Å²) in [6.07, 6.45) is 0. The monoisotopic (exact) mass is 425 g/mol. The van der Waals surface area contributed by atoms with E-state index in [2.05, 4.69) is 30.0 Å². The summed E-state index contributed by atoms with van der Waals surface area (Å²) in [5.41, 5.74) is 8.29. The van der Waals surface area contributed by atoms with Crippen molar-refractivity contribution in [2.24, 2.45) is 10.7 Å². The van der Waals surface area contributed by atoms with Crippen LogP contribution in [0, 0.1) is 0 Å². The SMILES string of the molecule is COc1ccc(-c2n[nH]c(CN=C(N)N3CCN(c4ccc(Cl)cc4)CC3)n2)cc1. The number of halogens is 1. The molecule has 0 aliphatic carbocycles. The maximum absolute atomic E-state index is 6.21. The molecular weight excluding hydrogens is 402 g/mol. The van der Waals surface area contributed by atoms with E-state index in [0.717, 1.165) is 42.5 Å². The molecule has 156 valence electrons. The number of nitrogens with zero attached hydrogens (tertiary/aromatic N) is 5. The molecule has 1 saturated heterocycles. The van der Waals surface area contributed by atoms with Gasteiger partial charge in [-0.15, -0.1) is 0 Å². The van der Waals surface area contributed by atoms with Gasteiger partial charge in [0.25, 0.3) is 0 Å². The Labute approximate surface area is 180 Å². The Balaban J connectivity index is 1.32. The normalized spacial score (nSPS) is 14.8. The molecule has 0 saturated carbocycles. The summed E-state index contributed by atoms with van der Waals surface area (Å²) in [6, 6.07) is 15.5. The molecule has 2 heterocycles.